The third-order valence-corrected chi connectivity index (χ3v) is 3.01. The van der Waals surface area contributed by atoms with Crippen LogP contribution < -0.4 is 16.2 Å². The quantitative estimate of drug-likeness (QED) is 0.844. The Kier molecular flexibility index (Phi) is 6.16. The molecule has 8 heteroatoms. The maximum Gasteiger partial charge on any atom is 0.407 e. The molecule has 2 amide bonds. The summed E-state index contributed by atoms with van der Waals surface area (Å²) in [4.78, 5) is 34.7. The van der Waals surface area contributed by atoms with Crippen molar-refractivity contribution in [2.45, 2.75) is 32.8 Å². The number of rotatable bonds is 4. The topological polar surface area (TPSA) is 89.4 Å². The molecule has 2 N–H and O–H groups in total. The van der Waals surface area contributed by atoms with E-state index in [1.807, 2.05) is 0 Å². The molecule has 0 aliphatic rings. The summed E-state index contributed by atoms with van der Waals surface area (Å²) in [5.41, 5.74) is -0.270. The molecule has 0 aromatic carbocycles. The van der Waals surface area contributed by atoms with Crippen molar-refractivity contribution >= 4 is 33.6 Å². The van der Waals surface area contributed by atoms with Crippen LogP contribution in [0.15, 0.2) is 21.5 Å². The lowest BCUT2D eigenvalue weighted by Crippen LogP contribution is -2.34. The summed E-state index contributed by atoms with van der Waals surface area (Å²) in [6.45, 7) is 5.44. The van der Waals surface area contributed by atoms with Gasteiger partial charge in [-0.15, -0.1) is 0 Å². The summed E-state index contributed by atoms with van der Waals surface area (Å²) in [6, 6.07) is 1.53. The van der Waals surface area contributed by atoms with Crippen molar-refractivity contribution in [2.24, 2.45) is 7.05 Å². The van der Waals surface area contributed by atoms with E-state index >= 15 is 0 Å². The number of alkyl carbamates (subject to hydrolysis) is 1. The fourth-order valence-corrected chi connectivity index (χ4v) is 2.08. The standard InChI is InChI=1S/C14H20BrN3O4/c1-14(2,3)22-13(21)16-6-5-11(19)17-9-7-10(15)12(20)18(4)8-9/h7-8H,5-6H2,1-4H3,(H,16,21)(H,17,19). The summed E-state index contributed by atoms with van der Waals surface area (Å²) >= 11 is 3.13. The van der Waals surface area contributed by atoms with Crippen LogP contribution in [0.25, 0.3) is 0 Å². The molecule has 0 saturated carbocycles. The lowest BCUT2D eigenvalue weighted by molar-refractivity contribution is -0.116. The Labute approximate surface area is 137 Å². The molecule has 0 atom stereocenters. The van der Waals surface area contributed by atoms with Crippen LogP contribution in [0, 0.1) is 0 Å². The highest BCUT2D eigenvalue weighted by atomic mass is 79.9. The highest BCUT2D eigenvalue weighted by Gasteiger charge is 2.16. The molecule has 0 spiro atoms. The molecule has 1 aromatic heterocycles. The zero-order valence-corrected chi connectivity index (χ0v) is 14.6. The predicted octanol–water partition coefficient (Wildman–Crippen LogP) is 2.00. The van der Waals surface area contributed by atoms with Crippen LogP contribution >= 0.6 is 15.9 Å². The second-order valence-corrected chi connectivity index (χ2v) is 6.57. The second-order valence-electron chi connectivity index (χ2n) is 5.72. The lowest BCUT2D eigenvalue weighted by Gasteiger charge is -2.19. The Hall–Kier alpha value is -1.83. The minimum Gasteiger partial charge on any atom is -0.444 e. The van der Waals surface area contributed by atoms with Crippen LogP contribution in [-0.2, 0) is 16.6 Å². The number of hydrogen-bond acceptors (Lipinski definition) is 4. The van der Waals surface area contributed by atoms with E-state index in [0.717, 1.165) is 0 Å². The lowest BCUT2D eigenvalue weighted by atomic mass is 10.2. The highest BCUT2D eigenvalue weighted by Crippen LogP contribution is 2.11. The van der Waals surface area contributed by atoms with Crippen molar-refractivity contribution in [3.63, 3.8) is 0 Å². The van der Waals surface area contributed by atoms with Gasteiger partial charge in [0, 0.05) is 26.2 Å². The molecule has 0 aliphatic carbocycles. The summed E-state index contributed by atoms with van der Waals surface area (Å²) in [5.74, 6) is -0.276. The van der Waals surface area contributed by atoms with E-state index in [1.54, 1.807) is 27.8 Å². The van der Waals surface area contributed by atoms with Crippen LogP contribution in [0.4, 0.5) is 10.5 Å². The van der Waals surface area contributed by atoms with Gasteiger partial charge in [-0.3, -0.25) is 9.59 Å². The molecular weight excluding hydrogens is 354 g/mol. The third kappa shape index (κ3) is 6.30. The van der Waals surface area contributed by atoms with Crippen molar-refractivity contribution in [3.05, 3.63) is 27.1 Å². The highest BCUT2D eigenvalue weighted by molar-refractivity contribution is 9.10. The monoisotopic (exact) mass is 373 g/mol. The summed E-state index contributed by atoms with van der Waals surface area (Å²) < 4.78 is 6.78. The number of ether oxygens (including phenoxy) is 1. The van der Waals surface area contributed by atoms with Gasteiger partial charge in [0.15, 0.2) is 0 Å². The van der Waals surface area contributed by atoms with Crippen molar-refractivity contribution in [3.8, 4) is 0 Å². The van der Waals surface area contributed by atoms with Crippen molar-refractivity contribution in [1.82, 2.24) is 9.88 Å². The van der Waals surface area contributed by atoms with Gasteiger partial charge < -0.3 is 19.9 Å². The molecule has 122 valence electrons. The average molecular weight is 374 g/mol. The smallest absolute Gasteiger partial charge is 0.407 e. The Morgan fingerprint density at radius 3 is 2.55 bits per heavy atom. The Balaban J connectivity index is 2.44. The molecule has 0 radical (unpaired) electrons. The van der Waals surface area contributed by atoms with E-state index in [9.17, 15) is 14.4 Å². The normalized spacial score (nSPS) is 11.0. The van der Waals surface area contributed by atoms with Gasteiger partial charge in [0.1, 0.15) is 5.60 Å². The molecule has 1 rings (SSSR count). The van der Waals surface area contributed by atoms with Gasteiger partial charge in [-0.25, -0.2) is 4.79 Å². The maximum absolute atomic E-state index is 11.8. The Bertz CT molecular complexity index is 593. The second kappa shape index (κ2) is 7.44. The van der Waals surface area contributed by atoms with Gasteiger partial charge in [-0.1, -0.05) is 0 Å². The molecule has 0 fully saturated rings. The SMILES string of the molecule is Cn1cc(NC(=O)CCNC(=O)OC(C)(C)C)cc(Br)c1=O. The first-order chi connectivity index (χ1) is 10.1. The van der Waals surface area contributed by atoms with Crippen LogP contribution in [0.2, 0.25) is 0 Å². The molecule has 7 nitrogen and oxygen atoms in total. The van der Waals surface area contributed by atoms with Crippen LogP contribution in [-0.4, -0.2) is 28.7 Å². The van der Waals surface area contributed by atoms with Crippen molar-refractivity contribution in [1.29, 1.82) is 0 Å². The van der Waals surface area contributed by atoms with Gasteiger partial charge in [0.2, 0.25) is 5.91 Å². The minimum atomic E-state index is -0.576. The van der Waals surface area contributed by atoms with Gasteiger partial charge in [-0.05, 0) is 42.8 Å². The average Bonchev–Trinajstić information content (AvgIpc) is 2.33. The number of nitrogens with zero attached hydrogens (tertiary/aromatic N) is 1. The van der Waals surface area contributed by atoms with Crippen LogP contribution in [0.1, 0.15) is 27.2 Å². The number of amides is 2. The number of nitrogens with one attached hydrogen (secondary N) is 2. The first-order valence-corrected chi connectivity index (χ1v) is 7.50. The Morgan fingerprint density at radius 2 is 2.00 bits per heavy atom. The maximum atomic E-state index is 11.8. The molecule has 0 aliphatic heterocycles. The van der Waals surface area contributed by atoms with E-state index in [0.29, 0.717) is 10.2 Å². The number of carbonyl (C=O) groups excluding carboxylic acids is 2. The zero-order chi connectivity index (χ0) is 16.9. The van der Waals surface area contributed by atoms with Crippen molar-refractivity contribution in [2.75, 3.05) is 11.9 Å². The number of carbonyl (C=O) groups is 2. The van der Waals surface area contributed by atoms with E-state index in [2.05, 4.69) is 26.6 Å². The first kappa shape index (κ1) is 18.2. The summed E-state index contributed by atoms with van der Waals surface area (Å²) in [7, 11) is 1.59. The van der Waals surface area contributed by atoms with E-state index < -0.39 is 11.7 Å². The van der Waals surface area contributed by atoms with E-state index in [4.69, 9.17) is 4.74 Å². The number of halogens is 1. The third-order valence-electron chi connectivity index (χ3n) is 2.44. The predicted molar refractivity (Wildman–Crippen MR) is 86.9 cm³/mol. The minimum absolute atomic E-state index is 0.0969. The van der Waals surface area contributed by atoms with Gasteiger partial charge in [0.05, 0.1) is 10.2 Å². The van der Waals surface area contributed by atoms with E-state index in [1.165, 1.54) is 16.8 Å². The largest absolute Gasteiger partial charge is 0.444 e. The van der Waals surface area contributed by atoms with Gasteiger partial charge >= 0.3 is 6.09 Å². The van der Waals surface area contributed by atoms with Crippen LogP contribution in [0.5, 0.6) is 0 Å². The fraction of sp³-hybridized carbons (Fsp3) is 0.500. The van der Waals surface area contributed by atoms with Gasteiger partial charge in [0.25, 0.3) is 5.56 Å². The molecule has 22 heavy (non-hydrogen) atoms. The number of aromatic nitrogens is 1. The molecule has 1 heterocycles. The number of pyridine rings is 1. The fourth-order valence-electron chi connectivity index (χ4n) is 1.56. The summed E-state index contributed by atoms with van der Waals surface area (Å²) in [6.07, 6.45) is 1.05. The number of aryl methyl sites for hydroxylation is 1. The molecule has 0 saturated heterocycles. The van der Waals surface area contributed by atoms with Gasteiger partial charge in [-0.2, -0.15) is 0 Å². The molecule has 1 aromatic rings. The molecular formula is C14H20BrN3O4. The van der Waals surface area contributed by atoms with Crippen LogP contribution in [0.3, 0.4) is 0 Å². The summed E-state index contributed by atoms with van der Waals surface area (Å²) in [5, 5.41) is 5.15. The van der Waals surface area contributed by atoms with E-state index in [-0.39, 0.29) is 24.4 Å². The first-order valence-electron chi connectivity index (χ1n) is 6.71. The number of hydrogen-bond donors (Lipinski definition) is 2. The molecule has 0 bridgehead atoms. The zero-order valence-electron chi connectivity index (χ0n) is 13.0. The van der Waals surface area contributed by atoms with Crippen molar-refractivity contribution < 1.29 is 14.3 Å². The number of anilines is 1. The Morgan fingerprint density at radius 1 is 1.36 bits per heavy atom. The molecule has 0 unspecified atom stereocenters.